The highest BCUT2D eigenvalue weighted by molar-refractivity contribution is 5.69. The second-order valence-corrected chi connectivity index (χ2v) is 9.10. The zero-order chi connectivity index (χ0) is 27.4. The molecule has 0 fully saturated rings. The van der Waals surface area contributed by atoms with Crippen LogP contribution in [0.4, 0.5) is 0 Å². The third-order valence-corrected chi connectivity index (χ3v) is 6.48. The largest absolute Gasteiger partial charge is 0.493 e. The molecular weight excluding hydrogens is 502 g/mol. The Bertz CT molecular complexity index is 1440. The lowest BCUT2D eigenvalue weighted by atomic mass is 9.98. The van der Waals surface area contributed by atoms with Gasteiger partial charge in [-0.2, -0.15) is 0 Å². The molecule has 0 aliphatic carbocycles. The molecule has 0 radical (unpaired) electrons. The molecule has 9 nitrogen and oxygen atoms in total. The van der Waals surface area contributed by atoms with Crippen LogP contribution in [0.5, 0.6) is 28.7 Å². The molecule has 1 atom stereocenters. The van der Waals surface area contributed by atoms with E-state index in [9.17, 15) is 4.79 Å². The van der Waals surface area contributed by atoms with Crippen LogP contribution in [-0.2, 0) is 18.0 Å². The molecule has 1 N–H and O–H groups in total. The average molecular weight is 532 g/mol. The SMILES string of the molecule is COc1cc(COc2ccc3c(c2)OCC3CC(=O)O)cc(OC)c1OCc1nc(-c2ccccc2)oc1C. The standard InChI is InChI=1S/C30H29NO8/c1-18-24(31-30(39-18)20-7-5-4-6-8-20)17-38-29-26(34-2)11-19(12-27(29)35-3)15-36-22-9-10-23-21(13-28(32)33)16-37-25(23)14-22/h4-12,14,21H,13,15-17H2,1-3H3,(H,32,33). The molecule has 0 spiro atoms. The second-order valence-electron chi connectivity index (χ2n) is 9.10. The summed E-state index contributed by atoms with van der Waals surface area (Å²) in [6, 6.07) is 18.8. The lowest BCUT2D eigenvalue weighted by Crippen LogP contribution is -2.07. The zero-order valence-corrected chi connectivity index (χ0v) is 21.9. The van der Waals surface area contributed by atoms with Gasteiger partial charge in [-0.25, -0.2) is 4.98 Å². The topological polar surface area (TPSA) is 109 Å². The highest BCUT2D eigenvalue weighted by atomic mass is 16.5. The third-order valence-electron chi connectivity index (χ3n) is 6.48. The van der Waals surface area contributed by atoms with E-state index in [1.807, 2.05) is 61.5 Å². The maximum absolute atomic E-state index is 11.1. The van der Waals surface area contributed by atoms with Gasteiger partial charge in [-0.15, -0.1) is 0 Å². The quantitative estimate of drug-likeness (QED) is 0.258. The van der Waals surface area contributed by atoms with E-state index in [1.54, 1.807) is 20.3 Å². The first kappa shape index (κ1) is 26.0. The van der Waals surface area contributed by atoms with Gasteiger partial charge in [-0.1, -0.05) is 24.3 Å². The number of aromatic nitrogens is 1. The smallest absolute Gasteiger partial charge is 0.304 e. The van der Waals surface area contributed by atoms with Gasteiger partial charge in [0.2, 0.25) is 11.6 Å². The number of aliphatic carboxylic acids is 1. The summed E-state index contributed by atoms with van der Waals surface area (Å²) in [6.07, 6.45) is 0.0334. The van der Waals surface area contributed by atoms with Gasteiger partial charge in [0.15, 0.2) is 11.5 Å². The molecule has 4 aromatic rings. The molecule has 39 heavy (non-hydrogen) atoms. The maximum Gasteiger partial charge on any atom is 0.304 e. The zero-order valence-electron chi connectivity index (χ0n) is 21.9. The minimum Gasteiger partial charge on any atom is -0.493 e. The van der Waals surface area contributed by atoms with E-state index in [0.717, 1.165) is 16.7 Å². The van der Waals surface area contributed by atoms with Crippen LogP contribution in [0.2, 0.25) is 0 Å². The van der Waals surface area contributed by atoms with Gasteiger partial charge in [0.05, 0.1) is 27.2 Å². The summed E-state index contributed by atoms with van der Waals surface area (Å²) in [7, 11) is 3.12. The van der Waals surface area contributed by atoms with E-state index in [4.69, 9.17) is 33.2 Å². The lowest BCUT2D eigenvalue weighted by molar-refractivity contribution is -0.137. The number of carboxylic acids is 1. The van der Waals surface area contributed by atoms with E-state index < -0.39 is 5.97 Å². The first-order valence-corrected chi connectivity index (χ1v) is 12.5. The van der Waals surface area contributed by atoms with Crippen molar-refractivity contribution in [3.8, 4) is 40.2 Å². The molecule has 3 aromatic carbocycles. The molecule has 202 valence electrons. The number of ether oxygens (including phenoxy) is 5. The normalized spacial score (nSPS) is 13.9. The lowest BCUT2D eigenvalue weighted by Gasteiger charge is -2.16. The number of hydrogen-bond donors (Lipinski definition) is 1. The number of benzene rings is 3. The first-order chi connectivity index (χ1) is 18.9. The number of hydrogen-bond acceptors (Lipinski definition) is 8. The van der Waals surface area contributed by atoms with Gasteiger partial charge in [-0.05, 0) is 42.8 Å². The van der Waals surface area contributed by atoms with Crippen LogP contribution in [0.15, 0.2) is 65.1 Å². The van der Waals surface area contributed by atoms with Gasteiger partial charge in [0, 0.05) is 23.1 Å². The van der Waals surface area contributed by atoms with Crippen molar-refractivity contribution in [2.24, 2.45) is 0 Å². The maximum atomic E-state index is 11.1. The number of methoxy groups -OCH3 is 2. The van der Waals surface area contributed by atoms with Gasteiger partial charge < -0.3 is 33.2 Å². The summed E-state index contributed by atoms with van der Waals surface area (Å²) < 4.78 is 34.8. The van der Waals surface area contributed by atoms with Crippen LogP contribution >= 0.6 is 0 Å². The second kappa shape index (κ2) is 11.4. The summed E-state index contributed by atoms with van der Waals surface area (Å²) in [5.74, 6) is 2.89. The Hall–Kier alpha value is -4.66. The third kappa shape index (κ3) is 5.77. The summed E-state index contributed by atoms with van der Waals surface area (Å²) >= 11 is 0. The Balaban J connectivity index is 1.28. The number of aryl methyl sites for hydroxylation is 1. The minimum atomic E-state index is -0.847. The number of fused-ring (bicyclic) bond motifs is 1. The fourth-order valence-electron chi connectivity index (χ4n) is 4.46. The number of nitrogens with zero attached hydrogens (tertiary/aromatic N) is 1. The van der Waals surface area contributed by atoms with E-state index in [0.29, 0.717) is 52.7 Å². The van der Waals surface area contributed by atoms with Crippen molar-refractivity contribution in [1.82, 2.24) is 4.98 Å². The summed E-state index contributed by atoms with van der Waals surface area (Å²) in [5.41, 5.74) is 3.26. The van der Waals surface area contributed by atoms with Crippen molar-refractivity contribution < 1.29 is 38.0 Å². The molecule has 1 aliphatic rings. The molecule has 9 heteroatoms. The molecule has 5 rings (SSSR count). The van der Waals surface area contributed by atoms with Crippen LogP contribution in [-0.4, -0.2) is 36.9 Å². The van der Waals surface area contributed by atoms with Crippen molar-refractivity contribution in [3.63, 3.8) is 0 Å². The van der Waals surface area contributed by atoms with Gasteiger partial charge in [-0.3, -0.25) is 4.79 Å². The molecule has 0 bridgehead atoms. The van der Waals surface area contributed by atoms with Crippen molar-refractivity contribution in [2.75, 3.05) is 20.8 Å². The number of oxazole rings is 1. The predicted octanol–water partition coefficient (Wildman–Crippen LogP) is 5.78. The van der Waals surface area contributed by atoms with Crippen LogP contribution in [0.25, 0.3) is 11.5 Å². The van der Waals surface area contributed by atoms with Gasteiger partial charge in [0.1, 0.15) is 36.2 Å². The molecule has 0 amide bonds. The fraction of sp³-hybridized carbons (Fsp3) is 0.267. The predicted molar refractivity (Wildman–Crippen MR) is 142 cm³/mol. The summed E-state index contributed by atoms with van der Waals surface area (Å²) in [5, 5.41) is 9.10. The molecule has 0 saturated carbocycles. The van der Waals surface area contributed by atoms with E-state index in [1.165, 1.54) is 0 Å². The van der Waals surface area contributed by atoms with E-state index >= 15 is 0 Å². The highest BCUT2D eigenvalue weighted by Crippen LogP contribution is 2.41. The molecule has 1 aliphatic heterocycles. The molecule has 1 aromatic heterocycles. The van der Waals surface area contributed by atoms with Crippen LogP contribution in [0.3, 0.4) is 0 Å². The first-order valence-electron chi connectivity index (χ1n) is 12.5. The van der Waals surface area contributed by atoms with Crippen LogP contribution in [0.1, 0.15) is 34.9 Å². The summed E-state index contributed by atoms with van der Waals surface area (Å²) in [4.78, 5) is 15.7. The van der Waals surface area contributed by atoms with Crippen molar-refractivity contribution in [1.29, 1.82) is 0 Å². The van der Waals surface area contributed by atoms with Crippen molar-refractivity contribution >= 4 is 5.97 Å². The van der Waals surface area contributed by atoms with Gasteiger partial charge >= 0.3 is 5.97 Å². The van der Waals surface area contributed by atoms with E-state index in [-0.39, 0.29) is 25.6 Å². The van der Waals surface area contributed by atoms with E-state index in [2.05, 4.69) is 4.98 Å². The average Bonchev–Trinajstić information content (AvgIpc) is 3.53. The monoisotopic (exact) mass is 531 g/mol. The Kier molecular flexibility index (Phi) is 7.58. The number of carboxylic acid groups (broad SMARTS) is 1. The molecular formula is C30H29NO8. The number of carbonyl (C=O) groups is 1. The Morgan fingerprint density at radius 3 is 2.44 bits per heavy atom. The molecule has 0 saturated heterocycles. The van der Waals surface area contributed by atoms with Crippen molar-refractivity contribution in [2.45, 2.75) is 32.5 Å². The molecule has 1 unspecified atom stereocenters. The van der Waals surface area contributed by atoms with Crippen LogP contribution < -0.4 is 23.7 Å². The summed E-state index contributed by atoms with van der Waals surface area (Å²) in [6.45, 7) is 2.61. The Labute approximate surface area is 225 Å². The Morgan fingerprint density at radius 2 is 1.74 bits per heavy atom. The minimum absolute atomic E-state index is 0.0334. The molecule has 2 heterocycles. The van der Waals surface area contributed by atoms with Crippen LogP contribution in [0, 0.1) is 6.92 Å². The fourth-order valence-corrected chi connectivity index (χ4v) is 4.46. The van der Waals surface area contributed by atoms with Crippen molar-refractivity contribution in [3.05, 3.63) is 83.2 Å². The van der Waals surface area contributed by atoms with Gasteiger partial charge in [0.25, 0.3) is 0 Å². The highest BCUT2D eigenvalue weighted by Gasteiger charge is 2.27. The Morgan fingerprint density at radius 1 is 1.00 bits per heavy atom. The number of rotatable bonds is 11.